The Morgan fingerprint density at radius 3 is 2.65 bits per heavy atom. The summed E-state index contributed by atoms with van der Waals surface area (Å²) >= 11 is 0. The van der Waals surface area contributed by atoms with Crippen LogP contribution in [-0.4, -0.2) is 29.1 Å². The first-order valence-corrected chi connectivity index (χ1v) is 6.93. The second-order valence-corrected chi connectivity index (χ2v) is 5.50. The Bertz CT molecular complexity index is 492. The zero-order chi connectivity index (χ0) is 14.8. The van der Waals surface area contributed by atoms with Crippen molar-refractivity contribution in [3.8, 4) is 0 Å². The molecule has 1 aromatic rings. The van der Waals surface area contributed by atoms with E-state index in [1.807, 2.05) is 30.3 Å². The fourth-order valence-corrected chi connectivity index (χ4v) is 2.85. The Morgan fingerprint density at radius 1 is 1.40 bits per heavy atom. The van der Waals surface area contributed by atoms with Crippen LogP contribution < -0.4 is 0 Å². The zero-order valence-electron chi connectivity index (χ0n) is 11.8. The molecule has 0 heterocycles. The number of benzene rings is 1. The average molecular weight is 276 g/mol. The molecule has 108 valence electrons. The molecular weight excluding hydrogens is 256 g/mol. The van der Waals surface area contributed by atoms with Gasteiger partial charge in [-0.25, -0.2) is 0 Å². The van der Waals surface area contributed by atoms with E-state index >= 15 is 0 Å². The van der Waals surface area contributed by atoms with E-state index in [1.54, 1.807) is 6.92 Å². The van der Waals surface area contributed by atoms with Crippen LogP contribution in [0.5, 0.6) is 0 Å². The third kappa shape index (κ3) is 2.90. The van der Waals surface area contributed by atoms with E-state index in [2.05, 4.69) is 0 Å². The quantitative estimate of drug-likeness (QED) is 0.851. The average Bonchev–Trinajstić information content (AvgIpc) is 2.64. The predicted molar refractivity (Wildman–Crippen MR) is 74.0 cm³/mol. The number of esters is 1. The molecule has 0 aromatic heterocycles. The van der Waals surface area contributed by atoms with Crippen LogP contribution in [-0.2, 0) is 20.7 Å². The van der Waals surface area contributed by atoms with Crippen molar-refractivity contribution < 1.29 is 19.4 Å². The Morgan fingerprint density at radius 2 is 2.05 bits per heavy atom. The largest absolute Gasteiger partial charge is 0.466 e. The van der Waals surface area contributed by atoms with E-state index in [4.69, 9.17) is 4.74 Å². The SMILES string of the molecule is CCOC(=O)[C@H]1C[C@](C)(O)C(=O)[C@@H]1Cc1ccccc1. The highest BCUT2D eigenvalue weighted by molar-refractivity contribution is 5.96. The van der Waals surface area contributed by atoms with Crippen molar-refractivity contribution in [3.63, 3.8) is 0 Å². The first-order chi connectivity index (χ1) is 9.45. The molecule has 0 saturated heterocycles. The minimum absolute atomic E-state index is 0.141. The second kappa shape index (κ2) is 5.75. The van der Waals surface area contributed by atoms with E-state index in [-0.39, 0.29) is 24.8 Å². The summed E-state index contributed by atoms with van der Waals surface area (Å²) < 4.78 is 5.03. The maximum absolute atomic E-state index is 12.3. The van der Waals surface area contributed by atoms with Gasteiger partial charge in [0.25, 0.3) is 0 Å². The van der Waals surface area contributed by atoms with Crippen LogP contribution in [0.3, 0.4) is 0 Å². The third-order valence-electron chi connectivity index (χ3n) is 3.86. The molecule has 0 aliphatic heterocycles. The van der Waals surface area contributed by atoms with Crippen molar-refractivity contribution in [2.45, 2.75) is 32.3 Å². The maximum Gasteiger partial charge on any atom is 0.309 e. The molecule has 1 aliphatic rings. The monoisotopic (exact) mass is 276 g/mol. The van der Waals surface area contributed by atoms with Gasteiger partial charge in [0.2, 0.25) is 0 Å². The molecule has 20 heavy (non-hydrogen) atoms. The number of Topliss-reactive ketones (excluding diaryl/α,β-unsaturated/α-hetero) is 1. The highest BCUT2D eigenvalue weighted by atomic mass is 16.5. The van der Waals surface area contributed by atoms with Crippen LogP contribution in [0.15, 0.2) is 30.3 Å². The van der Waals surface area contributed by atoms with Crippen LogP contribution in [0.4, 0.5) is 0 Å². The summed E-state index contributed by atoms with van der Waals surface area (Å²) in [5.74, 6) is -1.72. The summed E-state index contributed by atoms with van der Waals surface area (Å²) in [6, 6.07) is 9.53. The minimum atomic E-state index is -1.43. The number of carbonyl (C=O) groups is 2. The molecule has 1 N–H and O–H groups in total. The van der Waals surface area contributed by atoms with Gasteiger partial charge in [0, 0.05) is 5.92 Å². The highest BCUT2D eigenvalue weighted by Crippen LogP contribution is 2.38. The lowest BCUT2D eigenvalue weighted by Crippen LogP contribution is -2.32. The lowest BCUT2D eigenvalue weighted by molar-refractivity contribution is -0.150. The highest BCUT2D eigenvalue weighted by Gasteiger charge is 2.52. The van der Waals surface area contributed by atoms with Crippen molar-refractivity contribution in [3.05, 3.63) is 35.9 Å². The summed E-state index contributed by atoms with van der Waals surface area (Å²) in [6.07, 6.45) is 0.599. The van der Waals surface area contributed by atoms with Crippen molar-refractivity contribution in [2.75, 3.05) is 6.61 Å². The standard InChI is InChI=1S/C16H20O4/c1-3-20-15(18)13-10-16(2,19)14(17)12(13)9-11-7-5-4-6-8-11/h4-8,12-13,19H,3,9-10H2,1-2H3/t12-,13+,16+/m1/s1. The molecule has 0 unspecified atom stereocenters. The number of ketones is 1. The van der Waals surface area contributed by atoms with E-state index in [0.29, 0.717) is 6.42 Å². The molecule has 0 amide bonds. The summed E-state index contributed by atoms with van der Waals surface area (Å²) in [6.45, 7) is 3.50. The molecule has 0 spiro atoms. The van der Waals surface area contributed by atoms with Gasteiger partial charge in [-0.2, -0.15) is 0 Å². The molecule has 0 bridgehead atoms. The van der Waals surface area contributed by atoms with Gasteiger partial charge in [-0.05, 0) is 32.3 Å². The van der Waals surface area contributed by atoms with Gasteiger partial charge < -0.3 is 9.84 Å². The Labute approximate surface area is 118 Å². The first-order valence-electron chi connectivity index (χ1n) is 6.93. The van der Waals surface area contributed by atoms with E-state index in [0.717, 1.165) is 5.56 Å². The maximum atomic E-state index is 12.3. The van der Waals surface area contributed by atoms with Gasteiger partial charge in [0.05, 0.1) is 12.5 Å². The van der Waals surface area contributed by atoms with Crippen LogP contribution in [0.2, 0.25) is 0 Å². The van der Waals surface area contributed by atoms with Crippen molar-refractivity contribution in [1.29, 1.82) is 0 Å². The normalized spacial score (nSPS) is 29.4. The zero-order valence-corrected chi connectivity index (χ0v) is 11.8. The molecule has 1 aliphatic carbocycles. The predicted octanol–water partition coefficient (Wildman–Crippen LogP) is 1.75. The fourth-order valence-electron chi connectivity index (χ4n) is 2.85. The van der Waals surface area contributed by atoms with Crippen molar-refractivity contribution in [2.24, 2.45) is 11.8 Å². The molecule has 3 atom stereocenters. The number of aliphatic hydroxyl groups is 1. The molecule has 1 aromatic carbocycles. The number of carbonyl (C=O) groups excluding carboxylic acids is 2. The van der Waals surface area contributed by atoms with E-state index < -0.39 is 17.4 Å². The van der Waals surface area contributed by atoms with Crippen LogP contribution in [0.1, 0.15) is 25.8 Å². The Hall–Kier alpha value is -1.68. The van der Waals surface area contributed by atoms with Gasteiger partial charge in [-0.1, -0.05) is 30.3 Å². The molecule has 4 nitrogen and oxygen atoms in total. The minimum Gasteiger partial charge on any atom is -0.466 e. The van der Waals surface area contributed by atoms with Gasteiger partial charge in [-0.15, -0.1) is 0 Å². The van der Waals surface area contributed by atoms with Crippen LogP contribution >= 0.6 is 0 Å². The van der Waals surface area contributed by atoms with Crippen LogP contribution in [0, 0.1) is 11.8 Å². The first kappa shape index (κ1) is 14.7. The summed E-state index contributed by atoms with van der Waals surface area (Å²) in [5, 5.41) is 10.1. The molecule has 0 radical (unpaired) electrons. The molecule has 4 heteroatoms. The van der Waals surface area contributed by atoms with E-state index in [1.165, 1.54) is 6.92 Å². The Balaban J connectivity index is 2.21. The van der Waals surface area contributed by atoms with Crippen LogP contribution in [0.25, 0.3) is 0 Å². The molecule has 1 fully saturated rings. The smallest absolute Gasteiger partial charge is 0.309 e. The van der Waals surface area contributed by atoms with Gasteiger partial charge in [0.15, 0.2) is 5.78 Å². The summed E-state index contributed by atoms with van der Waals surface area (Å²) in [7, 11) is 0. The van der Waals surface area contributed by atoms with Crippen molar-refractivity contribution >= 4 is 11.8 Å². The Kier molecular flexibility index (Phi) is 4.23. The third-order valence-corrected chi connectivity index (χ3v) is 3.86. The lowest BCUT2D eigenvalue weighted by Gasteiger charge is -2.16. The second-order valence-electron chi connectivity index (χ2n) is 5.50. The molecule has 2 rings (SSSR count). The number of rotatable bonds is 4. The van der Waals surface area contributed by atoms with Gasteiger partial charge in [0.1, 0.15) is 5.60 Å². The fraction of sp³-hybridized carbons (Fsp3) is 0.500. The van der Waals surface area contributed by atoms with Gasteiger partial charge in [-0.3, -0.25) is 9.59 Å². The topological polar surface area (TPSA) is 63.6 Å². The van der Waals surface area contributed by atoms with Crippen molar-refractivity contribution in [1.82, 2.24) is 0 Å². The number of ether oxygens (including phenoxy) is 1. The van der Waals surface area contributed by atoms with Gasteiger partial charge >= 0.3 is 5.97 Å². The lowest BCUT2D eigenvalue weighted by atomic mass is 9.89. The molecule has 1 saturated carbocycles. The summed E-state index contributed by atoms with van der Waals surface area (Å²) in [5.41, 5.74) is -0.450. The number of hydrogen-bond acceptors (Lipinski definition) is 4. The number of hydrogen-bond donors (Lipinski definition) is 1. The molecular formula is C16H20O4. The summed E-state index contributed by atoms with van der Waals surface area (Å²) in [4.78, 5) is 24.3. The van der Waals surface area contributed by atoms with E-state index in [9.17, 15) is 14.7 Å².